The standard InChI is InChI=1S/C22H25FO4S/c1-13-6-4-3-5-9-28-17(10-13)12-16-11-15(7-8-18(16)23)22-21(26)20(25)19(24)14(2)27-22/h3-8,10-11,14,19-22,24-26H,1,9,12H2,2H3/b5-3-,6-4-,17-10?. The van der Waals surface area contributed by atoms with Crippen molar-refractivity contribution in [3.05, 3.63) is 82.6 Å². The molecule has 2 heterocycles. The van der Waals surface area contributed by atoms with Gasteiger partial charge in [-0.1, -0.05) is 36.9 Å². The second-order valence-corrected chi connectivity index (χ2v) is 8.19. The van der Waals surface area contributed by atoms with Gasteiger partial charge in [-0.2, -0.15) is 0 Å². The highest BCUT2D eigenvalue weighted by Crippen LogP contribution is 2.34. The lowest BCUT2D eigenvalue weighted by molar-refractivity contribution is -0.219. The van der Waals surface area contributed by atoms with Crippen LogP contribution in [-0.2, 0) is 11.2 Å². The minimum atomic E-state index is -1.32. The van der Waals surface area contributed by atoms with Gasteiger partial charge in [-0.05, 0) is 46.7 Å². The Kier molecular flexibility index (Phi) is 6.91. The smallest absolute Gasteiger partial charge is 0.126 e. The van der Waals surface area contributed by atoms with Crippen molar-refractivity contribution < 1.29 is 24.4 Å². The first-order valence-electron chi connectivity index (χ1n) is 9.20. The van der Waals surface area contributed by atoms with Crippen molar-refractivity contribution in [3.63, 3.8) is 0 Å². The number of thioether (sulfide) groups is 1. The fraction of sp³-hybridized carbons (Fsp3) is 0.364. The van der Waals surface area contributed by atoms with E-state index in [9.17, 15) is 19.7 Å². The molecule has 2 aliphatic rings. The highest BCUT2D eigenvalue weighted by atomic mass is 32.2. The topological polar surface area (TPSA) is 69.9 Å². The van der Waals surface area contributed by atoms with E-state index < -0.39 is 30.5 Å². The maximum Gasteiger partial charge on any atom is 0.126 e. The fourth-order valence-electron chi connectivity index (χ4n) is 3.29. The maximum atomic E-state index is 14.5. The fourth-order valence-corrected chi connectivity index (χ4v) is 4.20. The Balaban J connectivity index is 1.85. The van der Waals surface area contributed by atoms with Crippen LogP contribution >= 0.6 is 11.8 Å². The number of halogens is 1. The van der Waals surface area contributed by atoms with Crippen molar-refractivity contribution in [2.24, 2.45) is 0 Å². The molecular weight excluding hydrogens is 379 g/mol. The number of rotatable bonds is 3. The molecule has 5 unspecified atom stereocenters. The lowest BCUT2D eigenvalue weighted by Crippen LogP contribution is -2.53. The third-order valence-electron chi connectivity index (χ3n) is 4.88. The number of hydrogen-bond acceptors (Lipinski definition) is 5. The summed E-state index contributed by atoms with van der Waals surface area (Å²) in [6, 6.07) is 4.54. The van der Waals surface area contributed by atoms with E-state index in [0.29, 0.717) is 17.5 Å². The van der Waals surface area contributed by atoms with Crippen molar-refractivity contribution in [2.45, 2.75) is 43.9 Å². The molecule has 1 aromatic rings. The lowest BCUT2D eigenvalue weighted by Gasteiger charge is -2.39. The van der Waals surface area contributed by atoms with Crippen molar-refractivity contribution in [3.8, 4) is 0 Å². The summed E-state index contributed by atoms with van der Waals surface area (Å²) in [6.07, 6.45) is 4.86. The summed E-state index contributed by atoms with van der Waals surface area (Å²) in [7, 11) is 0. The molecule has 150 valence electrons. The average Bonchev–Trinajstić information content (AvgIpc) is 2.76. The van der Waals surface area contributed by atoms with E-state index in [1.54, 1.807) is 30.8 Å². The third-order valence-corrected chi connectivity index (χ3v) is 5.88. The number of ether oxygens (including phenoxy) is 1. The van der Waals surface area contributed by atoms with Gasteiger partial charge in [-0.3, -0.25) is 0 Å². The van der Waals surface area contributed by atoms with E-state index in [2.05, 4.69) is 6.58 Å². The minimum Gasteiger partial charge on any atom is -0.388 e. The molecule has 1 saturated heterocycles. The zero-order valence-corrected chi connectivity index (χ0v) is 16.5. The lowest BCUT2D eigenvalue weighted by atomic mass is 9.90. The molecule has 1 fully saturated rings. The molecule has 0 spiro atoms. The van der Waals surface area contributed by atoms with Crippen LogP contribution in [0, 0.1) is 5.82 Å². The average molecular weight is 405 g/mol. The van der Waals surface area contributed by atoms with E-state index >= 15 is 0 Å². The van der Waals surface area contributed by atoms with Crippen LogP contribution in [-0.4, -0.2) is 45.5 Å². The van der Waals surface area contributed by atoms with E-state index in [4.69, 9.17) is 4.74 Å². The summed E-state index contributed by atoms with van der Waals surface area (Å²) < 4.78 is 20.2. The van der Waals surface area contributed by atoms with Crippen molar-refractivity contribution in [2.75, 3.05) is 5.75 Å². The highest BCUT2D eigenvalue weighted by Gasteiger charge is 2.42. The van der Waals surface area contributed by atoms with Gasteiger partial charge in [0, 0.05) is 12.2 Å². The summed E-state index contributed by atoms with van der Waals surface area (Å²) in [4.78, 5) is 0.978. The van der Waals surface area contributed by atoms with Gasteiger partial charge in [0.2, 0.25) is 0 Å². The Labute approximate surface area is 168 Å². The normalized spacial score (nSPS) is 33.4. The molecule has 5 atom stereocenters. The number of hydrogen-bond donors (Lipinski definition) is 3. The second-order valence-electron chi connectivity index (χ2n) is 7.05. The van der Waals surface area contributed by atoms with Crippen molar-refractivity contribution in [1.82, 2.24) is 0 Å². The summed E-state index contributed by atoms with van der Waals surface area (Å²) in [5, 5.41) is 30.3. The number of benzene rings is 1. The number of aliphatic hydroxyl groups excluding tert-OH is 3. The van der Waals surface area contributed by atoms with Crippen LogP contribution in [0.1, 0.15) is 24.2 Å². The monoisotopic (exact) mass is 404 g/mol. The Bertz CT molecular complexity index is 817. The Morgan fingerprint density at radius 1 is 1.18 bits per heavy atom. The van der Waals surface area contributed by atoms with Crippen LogP contribution in [0.2, 0.25) is 0 Å². The summed E-state index contributed by atoms with van der Waals surface area (Å²) in [6.45, 7) is 5.62. The Morgan fingerprint density at radius 2 is 1.96 bits per heavy atom. The predicted octanol–water partition coefficient (Wildman–Crippen LogP) is 3.21. The zero-order valence-electron chi connectivity index (χ0n) is 15.7. The van der Waals surface area contributed by atoms with Gasteiger partial charge in [0.15, 0.2) is 0 Å². The van der Waals surface area contributed by atoms with E-state index in [1.165, 1.54) is 6.07 Å². The minimum absolute atomic E-state index is 0.347. The molecule has 28 heavy (non-hydrogen) atoms. The molecule has 4 nitrogen and oxygen atoms in total. The van der Waals surface area contributed by atoms with Crippen LogP contribution in [0.25, 0.3) is 0 Å². The first kappa shape index (κ1) is 21.0. The van der Waals surface area contributed by atoms with E-state index in [1.807, 2.05) is 30.4 Å². The van der Waals surface area contributed by atoms with Crippen molar-refractivity contribution >= 4 is 11.8 Å². The molecule has 0 radical (unpaired) electrons. The number of aliphatic hydroxyl groups is 3. The summed E-state index contributed by atoms with van der Waals surface area (Å²) in [5.41, 5.74) is 1.87. The van der Waals surface area contributed by atoms with Gasteiger partial charge in [-0.25, -0.2) is 4.39 Å². The Hall–Kier alpha value is -1.70. The molecule has 0 bridgehead atoms. The quantitative estimate of drug-likeness (QED) is 0.722. The molecule has 3 N–H and O–H groups in total. The largest absolute Gasteiger partial charge is 0.388 e. The molecule has 0 aliphatic carbocycles. The van der Waals surface area contributed by atoms with Gasteiger partial charge in [-0.15, -0.1) is 11.8 Å². The molecular formula is C22H25FO4S. The van der Waals surface area contributed by atoms with Gasteiger partial charge < -0.3 is 20.1 Å². The van der Waals surface area contributed by atoms with Gasteiger partial charge >= 0.3 is 0 Å². The molecule has 3 rings (SSSR count). The summed E-state index contributed by atoms with van der Waals surface area (Å²) in [5.74, 6) is 0.428. The second kappa shape index (κ2) is 9.20. The molecule has 6 heteroatoms. The first-order chi connectivity index (χ1) is 13.4. The summed E-state index contributed by atoms with van der Waals surface area (Å²) >= 11 is 1.61. The molecule has 2 aliphatic heterocycles. The molecule has 0 saturated carbocycles. The molecule has 0 aromatic heterocycles. The SMILES string of the molecule is C=C1C=C(Cc2cc(C3OC(C)C(O)C(O)C3O)ccc2F)SC/C=C\C=C/1. The van der Waals surface area contributed by atoms with Crippen LogP contribution in [0.15, 0.2) is 65.6 Å². The maximum absolute atomic E-state index is 14.5. The van der Waals surface area contributed by atoms with Crippen LogP contribution < -0.4 is 0 Å². The first-order valence-corrected chi connectivity index (χ1v) is 10.2. The van der Waals surface area contributed by atoms with E-state index in [0.717, 1.165) is 16.2 Å². The van der Waals surface area contributed by atoms with Gasteiger partial charge in [0.05, 0.1) is 6.10 Å². The Morgan fingerprint density at radius 3 is 2.75 bits per heavy atom. The van der Waals surface area contributed by atoms with Crippen molar-refractivity contribution in [1.29, 1.82) is 0 Å². The third kappa shape index (κ3) is 4.82. The van der Waals surface area contributed by atoms with Crippen LogP contribution in [0.3, 0.4) is 0 Å². The predicted molar refractivity (Wildman–Crippen MR) is 109 cm³/mol. The molecule has 1 aromatic carbocycles. The van der Waals surface area contributed by atoms with Gasteiger partial charge in [0.25, 0.3) is 0 Å². The molecule has 0 amide bonds. The van der Waals surface area contributed by atoms with E-state index in [-0.39, 0.29) is 5.82 Å². The van der Waals surface area contributed by atoms with Crippen LogP contribution in [0.4, 0.5) is 4.39 Å². The van der Waals surface area contributed by atoms with Gasteiger partial charge in [0.1, 0.15) is 30.2 Å². The highest BCUT2D eigenvalue weighted by molar-refractivity contribution is 8.03. The zero-order chi connectivity index (χ0) is 20.3. The number of allylic oxidation sites excluding steroid dienone is 6. The van der Waals surface area contributed by atoms with Crippen LogP contribution in [0.5, 0.6) is 0 Å².